The van der Waals surface area contributed by atoms with Crippen molar-refractivity contribution in [3.05, 3.63) is 103 Å². The molecule has 2 fully saturated rings. The molecule has 1 unspecified atom stereocenters. The lowest BCUT2D eigenvalue weighted by Gasteiger charge is -2.41. The summed E-state index contributed by atoms with van der Waals surface area (Å²) in [6, 6.07) is 21.2. The highest BCUT2D eigenvalue weighted by Crippen LogP contribution is 2.59. The molecule has 8 nitrogen and oxygen atoms in total. The van der Waals surface area contributed by atoms with Crippen molar-refractivity contribution in [2.45, 2.75) is 36.6 Å². The first kappa shape index (κ1) is 27.6. The number of nitrogens with zero attached hydrogens (tertiary/aromatic N) is 3. The van der Waals surface area contributed by atoms with Crippen LogP contribution in [0.25, 0.3) is 10.8 Å². The summed E-state index contributed by atoms with van der Waals surface area (Å²) in [5.41, 5.74) is -1.04. The van der Waals surface area contributed by atoms with Crippen molar-refractivity contribution in [1.29, 1.82) is 0 Å². The number of aliphatic hydroxyl groups excluding tert-OH is 1. The molecule has 1 N–H and O–H groups in total. The lowest BCUT2D eigenvalue weighted by Crippen LogP contribution is -2.57. The lowest BCUT2D eigenvalue weighted by molar-refractivity contribution is -0.152. The molecule has 0 aliphatic carbocycles. The van der Waals surface area contributed by atoms with Gasteiger partial charge in [-0.15, -0.1) is 0 Å². The summed E-state index contributed by atoms with van der Waals surface area (Å²) in [7, 11) is 1.73. The zero-order valence-corrected chi connectivity index (χ0v) is 24.3. The molecule has 0 bridgehead atoms. The van der Waals surface area contributed by atoms with Gasteiger partial charge in [-0.2, -0.15) is 0 Å². The molecule has 8 heteroatoms. The molecule has 43 heavy (non-hydrogen) atoms. The summed E-state index contributed by atoms with van der Waals surface area (Å²) >= 11 is 0. The van der Waals surface area contributed by atoms with Crippen LogP contribution in [0.3, 0.4) is 0 Å². The second kappa shape index (κ2) is 10.2. The van der Waals surface area contributed by atoms with Gasteiger partial charge in [0.05, 0.1) is 30.1 Å². The topological polar surface area (TPSA) is 90.4 Å². The lowest BCUT2D eigenvalue weighted by atomic mass is 9.73. The van der Waals surface area contributed by atoms with Gasteiger partial charge in [0.25, 0.3) is 5.91 Å². The number of carbonyl (C=O) groups excluding carboxylic acids is 3. The third-order valence-corrected chi connectivity index (χ3v) is 9.82. The fraction of sp³-hybridized carbons (Fsp3) is 0.343. The number of carbonyl (C=O) groups is 3. The molecule has 1 spiro atoms. The van der Waals surface area contributed by atoms with Crippen LogP contribution >= 0.6 is 0 Å². The van der Waals surface area contributed by atoms with Crippen LogP contribution in [0.15, 0.2) is 97.1 Å². The summed E-state index contributed by atoms with van der Waals surface area (Å²) in [4.78, 5) is 48.6. The minimum absolute atomic E-state index is 0.181. The third kappa shape index (κ3) is 3.93. The van der Waals surface area contributed by atoms with E-state index in [1.54, 1.807) is 16.8 Å². The fourth-order valence-electron chi connectivity index (χ4n) is 7.76. The average molecular weight is 578 g/mol. The van der Waals surface area contributed by atoms with E-state index in [4.69, 9.17) is 4.74 Å². The zero-order valence-electron chi connectivity index (χ0n) is 24.3. The maximum absolute atomic E-state index is 14.9. The Kier molecular flexibility index (Phi) is 6.52. The van der Waals surface area contributed by atoms with Gasteiger partial charge in [0, 0.05) is 25.8 Å². The van der Waals surface area contributed by atoms with Gasteiger partial charge in [-0.05, 0) is 34.9 Å². The number of likely N-dealkylation sites (tertiary alicyclic amines) is 1. The van der Waals surface area contributed by atoms with E-state index in [1.807, 2.05) is 104 Å². The van der Waals surface area contributed by atoms with Crippen molar-refractivity contribution >= 4 is 34.2 Å². The van der Waals surface area contributed by atoms with Gasteiger partial charge in [0.1, 0.15) is 11.6 Å². The molecular formula is C35H35N3O5. The first-order chi connectivity index (χ1) is 20.8. The van der Waals surface area contributed by atoms with Crippen molar-refractivity contribution in [2.75, 3.05) is 31.6 Å². The van der Waals surface area contributed by atoms with E-state index in [0.717, 1.165) is 10.8 Å². The highest BCUT2D eigenvalue weighted by molar-refractivity contribution is 6.07. The van der Waals surface area contributed by atoms with Crippen LogP contribution in [0.5, 0.6) is 0 Å². The number of rotatable bonds is 5. The van der Waals surface area contributed by atoms with E-state index in [9.17, 15) is 19.5 Å². The number of anilines is 1. The molecule has 4 heterocycles. The van der Waals surface area contributed by atoms with Crippen LogP contribution in [-0.4, -0.2) is 76.6 Å². The van der Waals surface area contributed by atoms with Crippen LogP contribution in [0.1, 0.15) is 24.9 Å². The van der Waals surface area contributed by atoms with Crippen molar-refractivity contribution in [3.8, 4) is 0 Å². The maximum atomic E-state index is 14.9. The molecule has 3 aromatic rings. The van der Waals surface area contributed by atoms with Gasteiger partial charge < -0.3 is 24.5 Å². The van der Waals surface area contributed by atoms with E-state index in [0.29, 0.717) is 24.2 Å². The largest absolute Gasteiger partial charge is 0.394 e. The van der Waals surface area contributed by atoms with Gasteiger partial charge in [-0.1, -0.05) is 91.9 Å². The predicted molar refractivity (Wildman–Crippen MR) is 163 cm³/mol. The molecule has 2 saturated heterocycles. The number of benzene rings is 3. The highest BCUT2D eigenvalue weighted by atomic mass is 16.5. The van der Waals surface area contributed by atoms with Gasteiger partial charge >= 0.3 is 0 Å². The number of aliphatic hydroxyl groups is 1. The normalized spacial score (nSPS) is 30.7. The van der Waals surface area contributed by atoms with Crippen LogP contribution < -0.4 is 4.90 Å². The van der Waals surface area contributed by atoms with Crippen molar-refractivity contribution in [2.24, 2.45) is 11.8 Å². The summed E-state index contributed by atoms with van der Waals surface area (Å²) in [6.07, 6.45) is 8.04. The Morgan fingerprint density at radius 2 is 1.58 bits per heavy atom. The summed E-state index contributed by atoms with van der Waals surface area (Å²) in [5, 5.41) is 12.8. The maximum Gasteiger partial charge on any atom is 0.253 e. The SMILES string of the molecule is CC[C@]12C=CCN(C)C(=O)[C@H]1[C@H]1C(=O)N([C@H](CO)c3ccccc3)C3C(=O)N(c4ccc5ccccc5c4)CC=C[C@@]31O2. The summed E-state index contributed by atoms with van der Waals surface area (Å²) in [6.45, 7) is 2.25. The smallest absolute Gasteiger partial charge is 0.253 e. The Balaban J connectivity index is 1.42. The Labute approximate surface area is 250 Å². The number of fused-ring (bicyclic) bond motifs is 3. The molecule has 0 aromatic heterocycles. The van der Waals surface area contributed by atoms with Gasteiger partial charge in [-0.3, -0.25) is 14.4 Å². The third-order valence-electron chi connectivity index (χ3n) is 9.82. The van der Waals surface area contributed by atoms with Crippen LogP contribution in [0.2, 0.25) is 0 Å². The molecule has 3 amide bonds. The monoisotopic (exact) mass is 577 g/mol. The van der Waals surface area contributed by atoms with Crippen LogP contribution in [0, 0.1) is 11.8 Å². The quantitative estimate of drug-likeness (QED) is 0.465. The van der Waals surface area contributed by atoms with Crippen LogP contribution in [-0.2, 0) is 19.1 Å². The van der Waals surface area contributed by atoms with Crippen molar-refractivity contribution < 1.29 is 24.2 Å². The summed E-state index contributed by atoms with van der Waals surface area (Å²) in [5.74, 6) is -2.60. The number of amides is 3. The van der Waals surface area contributed by atoms with E-state index >= 15 is 0 Å². The van der Waals surface area contributed by atoms with Crippen LogP contribution in [0.4, 0.5) is 5.69 Å². The molecule has 4 aliphatic rings. The van der Waals surface area contributed by atoms with Crippen molar-refractivity contribution in [3.63, 3.8) is 0 Å². The van der Waals surface area contributed by atoms with E-state index in [1.165, 1.54) is 4.90 Å². The van der Waals surface area contributed by atoms with Crippen molar-refractivity contribution in [1.82, 2.24) is 9.80 Å². The second-order valence-corrected chi connectivity index (χ2v) is 12.0. The fourth-order valence-corrected chi connectivity index (χ4v) is 7.76. The number of hydrogen-bond acceptors (Lipinski definition) is 5. The molecule has 7 rings (SSSR count). The molecule has 220 valence electrons. The first-order valence-electron chi connectivity index (χ1n) is 14.9. The molecule has 6 atom stereocenters. The van der Waals surface area contributed by atoms with E-state index in [2.05, 4.69) is 0 Å². The first-order valence-corrected chi connectivity index (χ1v) is 14.9. The Morgan fingerprint density at radius 3 is 2.33 bits per heavy atom. The molecule has 0 radical (unpaired) electrons. The predicted octanol–water partition coefficient (Wildman–Crippen LogP) is 3.87. The van der Waals surface area contributed by atoms with Gasteiger partial charge in [-0.25, -0.2) is 0 Å². The molecule has 4 aliphatic heterocycles. The zero-order chi connectivity index (χ0) is 29.9. The van der Waals surface area contributed by atoms with E-state index < -0.39 is 35.1 Å². The molecular weight excluding hydrogens is 542 g/mol. The van der Waals surface area contributed by atoms with Gasteiger partial charge in [0.2, 0.25) is 11.8 Å². The average Bonchev–Trinajstić information content (AvgIpc) is 3.33. The Morgan fingerprint density at radius 1 is 0.860 bits per heavy atom. The van der Waals surface area contributed by atoms with Gasteiger partial charge in [0.15, 0.2) is 0 Å². The molecule has 0 saturated carbocycles. The second-order valence-electron chi connectivity index (χ2n) is 12.0. The minimum atomic E-state index is -1.40. The van der Waals surface area contributed by atoms with E-state index in [-0.39, 0.29) is 30.9 Å². The summed E-state index contributed by atoms with van der Waals surface area (Å²) < 4.78 is 7.04. The minimum Gasteiger partial charge on any atom is -0.394 e. The Bertz CT molecular complexity index is 1670. The standard InChI is InChI=1S/C35H35N3O5/c1-3-34-17-9-19-36(2)31(40)28(34)29-32(41)38(27(22-39)24-12-5-4-6-13-24)30-33(42)37(20-10-18-35(29,30)43-34)26-16-15-23-11-7-8-14-25(23)21-26/h4-18,21,27-30,39H,3,19-20,22H2,1-2H3/t27-,28-,29+,30?,34+,35+/m1/s1. The highest BCUT2D eigenvalue weighted by Gasteiger charge is 2.76. The number of likely N-dealkylation sites (N-methyl/N-ethyl adjacent to an activating group) is 1. The number of hydrogen-bond donors (Lipinski definition) is 1. The Hall–Kier alpha value is -4.27. The molecule has 3 aromatic carbocycles. The number of ether oxygens (including phenoxy) is 1.